The monoisotopic (exact) mass is 438 g/mol. The van der Waals surface area contributed by atoms with Gasteiger partial charge in [0.2, 0.25) is 5.91 Å². The number of nitrogens with two attached hydrogens (primary N) is 1. The van der Waals surface area contributed by atoms with Crippen molar-refractivity contribution in [3.8, 4) is 16.9 Å². The quantitative estimate of drug-likeness (QED) is 0.644. The number of thiazole rings is 1. The maximum absolute atomic E-state index is 12.5. The molecule has 1 aromatic carbocycles. The summed E-state index contributed by atoms with van der Waals surface area (Å²) in [6, 6.07) is 5.90. The van der Waals surface area contributed by atoms with E-state index in [9.17, 15) is 9.59 Å². The van der Waals surface area contributed by atoms with Gasteiger partial charge >= 0.3 is 0 Å². The van der Waals surface area contributed by atoms with Crippen molar-refractivity contribution in [2.75, 3.05) is 18.1 Å². The third kappa shape index (κ3) is 3.63. The number of ether oxygens (including phenoxy) is 1. The van der Waals surface area contributed by atoms with Crippen molar-refractivity contribution in [1.82, 2.24) is 20.1 Å². The fourth-order valence-corrected chi connectivity index (χ4v) is 4.95. The molecule has 5 rings (SSSR count). The maximum atomic E-state index is 12.5. The highest BCUT2D eigenvalue weighted by Gasteiger charge is 2.34. The number of anilines is 2. The highest BCUT2D eigenvalue weighted by molar-refractivity contribution is 7.17. The molecule has 2 amide bonds. The van der Waals surface area contributed by atoms with Crippen LogP contribution < -0.4 is 20.7 Å². The molecule has 0 aliphatic carbocycles. The third-order valence-electron chi connectivity index (χ3n) is 5.29. The standard InChI is InChI=1S/C21H22N6O3S/c1-21(2)8-14-18(19(29)25-21)31-20(24-14)27-5-6-30-16-4-3-12(7-15(16)27)13-9-23-26(10-13)11-17(22)28/h3-4,7,9-10H,5-6,8,11H2,1-2H3,(H2,22,28)(H,25,29). The number of hydrogen-bond acceptors (Lipinski definition) is 7. The lowest BCUT2D eigenvalue weighted by Gasteiger charge is -2.29. The lowest BCUT2D eigenvalue weighted by Crippen LogP contribution is -2.48. The maximum Gasteiger partial charge on any atom is 0.263 e. The number of aromatic nitrogens is 3. The summed E-state index contributed by atoms with van der Waals surface area (Å²) in [4.78, 5) is 31.3. The second kappa shape index (κ2) is 7.09. The largest absolute Gasteiger partial charge is 0.490 e. The first-order chi connectivity index (χ1) is 14.8. The second-order valence-electron chi connectivity index (χ2n) is 8.36. The van der Waals surface area contributed by atoms with Crippen LogP contribution in [0.1, 0.15) is 29.2 Å². The van der Waals surface area contributed by atoms with E-state index in [1.807, 2.05) is 32.0 Å². The minimum absolute atomic E-state index is 0.0310. The van der Waals surface area contributed by atoms with Gasteiger partial charge in [0.15, 0.2) is 5.13 Å². The SMILES string of the molecule is CC1(C)Cc2nc(N3CCOc4ccc(-c5cnn(CC(N)=O)c5)cc43)sc2C(=O)N1. The van der Waals surface area contributed by atoms with E-state index >= 15 is 0 Å². The zero-order valence-electron chi connectivity index (χ0n) is 17.2. The van der Waals surface area contributed by atoms with Crippen molar-refractivity contribution in [3.05, 3.63) is 41.2 Å². The average Bonchev–Trinajstić information content (AvgIpc) is 3.33. The van der Waals surface area contributed by atoms with Gasteiger partial charge in [0.25, 0.3) is 5.91 Å². The van der Waals surface area contributed by atoms with Gasteiger partial charge in [-0.3, -0.25) is 14.3 Å². The van der Waals surface area contributed by atoms with E-state index in [2.05, 4.69) is 15.3 Å². The highest BCUT2D eigenvalue weighted by atomic mass is 32.1. The molecule has 0 saturated heterocycles. The van der Waals surface area contributed by atoms with Crippen molar-refractivity contribution in [2.45, 2.75) is 32.4 Å². The van der Waals surface area contributed by atoms with Crippen LogP contribution in [0, 0.1) is 0 Å². The molecule has 2 aromatic heterocycles. The number of nitrogens with zero attached hydrogens (tertiary/aromatic N) is 4. The van der Waals surface area contributed by atoms with Gasteiger partial charge in [0.1, 0.15) is 23.8 Å². The van der Waals surface area contributed by atoms with E-state index in [1.165, 1.54) is 16.0 Å². The molecule has 0 radical (unpaired) electrons. The molecule has 31 heavy (non-hydrogen) atoms. The van der Waals surface area contributed by atoms with Crippen LogP contribution in [-0.4, -0.2) is 45.3 Å². The fourth-order valence-electron chi connectivity index (χ4n) is 3.93. The molecule has 0 spiro atoms. The number of nitrogens with one attached hydrogen (secondary N) is 1. The summed E-state index contributed by atoms with van der Waals surface area (Å²) in [7, 11) is 0. The summed E-state index contributed by atoms with van der Waals surface area (Å²) in [6.45, 7) is 5.20. The van der Waals surface area contributed by atoms with E-state index in [0.29, 0.717) is 24.4 Å². The molecule has 3 aromatic rings. The van der Waals surface area contributed by atoms with Gasteiger partial charge in [-0.05, 0) is 31.5 Å². The molecule has 0 saturated carbocycles. The van der Waals surface area contributed by atoms with Gasteiger partial charge in [-0.1, -0.05) is 17.4 Å². The lowest BCUT2D eigenvalue weighted by molar-refractivity contribution is -0.118. The van der Waals surface area contributed by atoms with Crippen molar-refractivity contribution in [1.29, 1.82) is 0 Å². The molecule has 3 N–H and O–H groups in total. The molecule has 9 nitrogen and oxygen atoms in total. The fraction of sp³-hybridized carbons (Fsp3) is 0.333. The molecule has 0 bridgehead atoms. The zero-order valence-corrected chi connectivity index (χ0v) is 18.0. The Kier molecular flexibility index (Phi) is 4.47. The topological polar surface area (TPSA) is 115 Å². The number of carbonyl (C=O) groups excluding carboxylic acids is 2. The minimum Gasteiger partial charge on any atom is -0.490 e. The number of primary amides is 1. The Hall–Kier alpha value is -3.40. The van der Waals surface area contributed by atoms with Crippen LogP contribution in [0.25, 0.3) is 11.1 Å². The van der Waals surface area contributed by atoms with Crippen LogP contribution in [-0.2, 0) is 17.8 Å². The molecule has 10 heteroatoms. The van der Waals surface area contributed by atoms with Crippen LogP contribution in [0.4, 0.5) is 10.8 Å². The Morgan fingerprint density at radius 1 is 1.35 bits per heavy atom. The van der Waals surface area contributed by atoms with Gasteiger partial charge in [0, 0.05) is 23.7 Å². The number of carbonyl (C=O) groups is 2. The van der Waals surface area contributed by atoms with E-state index in [4.69, 9.17) is 15.5 Å². The molecule has 0 unspecified atom stereocenters. The van der Waals surface area contributed by atoms with E-state index in [0.717, 1.165) is 33.4 Å². The lowest BCUT2D eigenvalue weighted by atomic mass is 9.94. The Morgan fingerprint density at radius 3 is 3.00 bits per heavy atom. The van der Waals surface area contributed by atoms with Gasteiger partial charge in [0.05, 0.1) is 24.1 Å². The van der Waals surface area contributed by atoms with Crippen LogP contribution >= 0.6 is 11.3 Å². The molecule has 2 aliphatic rings. The molecular formula is C21H22N6O3S. The Balaban J connectivity index is 1.50. The molecule has 0 fully saturated rings. The average molecular weight is 439 g/mol. The molecule has 2 aliphatic heterocycles. The number of hydrogen-bond donors (Lipinski definition) is 2. The summed E-state index contributed by atoms with van der Waals surface area (Å²) in [5, 5.41) is 8.03. The summed E-state index contributed by atoms with van der Waals surface area (Å²) in [5.41, 5.74) is 8.48. The van der Waals surface area contributed by atoms with Crippen molar-refractivity contribution in [3.63, 3.8) is 0 Å². The molecule has 0 atom stereocenters. The van der Waals surface area contributed by atoms with Crippen molar-refractivity contribution >= 4 is 34.0 Å². The van der Waals surface area contributed by atoms with E-state index in [1.54, 1.807) is 12.4 Å². The minimum atomic E-state index is -0.445. The number of benzene rings is 1. The van der Waals surface area contributed by atoms with Crippen molar-refractivity contribution in [2.24, 2.45) is 5.73 Å². The number of rotatable bonds is 4. The Morgan fingerprint density at radius 2 is 2.19 bits per heavy atom. The first-order valence-corrected chi connectivity index (χ1v) is 10.8. The first-order valence-electron chi connectivity index (χ1n) is 9.97. The van der Waals surface area contributed by atoms with Crippen LogP contribution in [0.15, 0.2) is 30.6 Å². The number of fused-ring (bicyclic) bond motifs is 2. The van der Waals surface area contributed by atoms with Gasteiger partial charge in [-0.25, -0.2) is 4.98 Å². The molecule has 4 heterocycles. The summed E-state index contributed by atoms with van der Waals surface area (Å²) >= 11 is 1.41. The highest BCUT2D eigenvalue weighted by Crippen LogP contribution is 2.42. The van der Waals surface area contributed by atoms with E-state index < -0.39 is 5.91 Å². The first kappa shape index (κ1) is 19.6. The van der Waals surface area contributed by atoms with Crippen LogP contribution in [0.5, 0.6) is 5.75 Å². The summed E-state index contributed by atoms with van der Waals surface area (Å²) in [5.74, 6) is 0.246. The van der Waals surface area contributed by atoms with Gasteiger partial charge in [-0.15, -0.1) is 0 Å². The second-order valence-corrected chi connectivity index (χ2v) is 9.34. The van der Waals surface area contributed by atoms with Gasteiger partial charge < -0.3 is 20.7 Å². The molecule has 160 valence electrons. The predicted octanol–water partition coefficient (Wildman–Crippen LogP) is 2.09. The smallest absolute Gasteiger partial charge is 0.263 e. The third-order valence-corrected chi connectivity index (χ3v) is 6.41. The zero-order chi connectivity index (χ0) is 21.8. The van der Waals surface area contributed by atoms with Crippen molar-refractivity contribution < 1.29 is 14.3 Å². The van der Waals surface area contributed by atoms with Crippen LogP contribution in [0.2, 0.25) is 0 Å². The van der Waals surface area contributed by atoms with Crippen LogP contribution in [0.3, 0.4) is 0 Å². The van der Waals surface area contributed by atoms with E-state index in [-0.39, 0.29) is 18.0 Å². The predicted molar refractivity (Wildman–Crippen MR) is 117 cm³/mol. The Labute approximate surface area is 182 Å². The summed E-state index contributed by atoms with van der Waals surface area (Å²) < 4.78 is 7.37. The summed E-state index contributed by atoms with van der Waals surface area (Å²) in [6.07, 6.45) is 4.18. The van der Waals surface area contributed by atoms with Gasteiger partial charge in [-0.2, -0.15) is 5.10 Å². The molecular weight excluding hydrogens is 416 g/mol. The normalized spacial score (nSPS) is 16.8. The number of amides is 2. The Bertz CT molecular complexity index is 1200.